The maximum atomic E-state index is 11.4. The highest BCUT2D eigenvalue weighted by molar-refractivity contribution is 5.76. The van der Waals surface area contributed by atoms with Crippen molar-refractivity contribution in [1.82, 2.24) is 5.32 Å². The molecule has 0 heterocycles. The highest BCUT2D eigenvalue weighted by Gasteiger charge is 2.15. The maximum absolute atomic E-state index is 11.4. The molecule has 0 bridgehead atoms. The number of benzene rings is 1. The Balaban J connectivity index is 2.95. The van der Waals surface area contributed by atoms with Crippen molar-refractivity contribution in [2.24, 2.45) is 5.73 Å². The van der Waals surface area contributed by atoms with Crippen LogP contribution in [0.1, 0.15) is 30.4 Å². The Morgan fingerprint density at radius 2 is 2.22 bits per heavy atom. The van der Waals surface area contributed by atoms with Gasteiger partial charge in [0.15, 0.2) is 0 Å². The molecule has 3 N–H and O–H groups in total. The molecule has 0 aliphatic carbocycles. The number of amides is 1. The third kappa shape index (κ3) is 3.47. The number of hydrogen-bond acceptors (Lipinski definition) is 3. The summed E-state index contributed by atoms with van der Waals surface area (Å²) in [6.07, 6.45) is 1.32. The van der Waals surface area contributed by atoms with Crippen LogP contribution in [0.4, 0.5) is 0 Å². The van der Waals surface area contributed by atoms with Gasteiger partial charge in [0.1, 0.15) is 5.75 Å². The molecular formula is C14H22N2O2. The summed E-state index contributed by atoms with van der Waals surface area (Å²) in [6, 6.07) is 6.01. The van der Waals surface area contributed by atoms with E-state index in [2.05, 4.69) is 18.3 Å². The van der Waals surface area contributed by atoms with Gasteiger partial charge >= 0.3 is 0 Å². The normalized spacial score (nSPS) is 12.0. The van der Waals surface area contributed by atoms with Gasteiger partial charge in [-0.2, -0.15) is 0 Å². The van der Waals surface area contributed by atoms with E-state index in [9.17, 15) is 4.79 Å². The average Bonchev–Trinajstić information content (AvgIpc) is 2.43. The number of methoxy groups -OCH3 is 1. The summed E-state index contributed by atoms with van der Waals surface area (Å²) in [5.41, 5.74) is 8.00. The van der Waals surface area contributed by atoms with Crippen LogP contribution >= 0.6 is 0 Å². The summed E-state index contributed by atoms with van der Waals surface area (Å²) in [5.74, 6) is 0.956. The van der Waals surface area contributed by atoms with Gasteiger partial charge in [-0.3, -0.25) is 4.79 Å². The lowest BCUT2D eigenvalue weighted by molar-refractivity contribution is -0.120. The van der Waals surface area contributed by atoms with Crippen LogP contribution in [0.3, 0.4) is 0 Å². The number of carbonyl (C=O) groups excluding carboxylic acids is 1. The molecule has 0 aromatic heterocycles. The highest BCUT2D eigenvalue weighted by atomic mass is 16.5. The molecule has 1 aromatic carbocycles. The number of ether oxygens (including phenoxy) is 1. The summed E-state index contributed by atoms with van der Waals surface area (Å²) in [5, 5.41) is 2.63. The van der Waals surface area contributed by atoms with E-state index in [0.29, 0.717) is 13.0 Å². The van der Waals surface area contributed by atoms with Crippen molar-refractivity contribution in [1.29, 1.82) is 0 Å². The van der Waals surface area contributed by atoms with Gasteiger partial charge in [0.2, 0.25) is 5.91 Å². The summed E-state index contributed by atoms with van der Waals surface area (Å²) < 4.78 is 5.30. The third-order valence-electron chi connectivity index (χ3n) is 3.15. The average molecular weight is 250 g/mol. The zero-order chi connectivity index (χ0) is 13.5. The van der Waals surface area contributed by atoms with Crippen molar-refractivity contribution in [3.8, 4) is 5.75 Å². The van der Waals surface area contributed by atoms with Crippen LogP contribution in [-0.2, 0) is 11.2 Å². The molecule has 4 nitrogen and oxygen atoms in total. The minimum atomic E-state index is 0.0133. The first kappa shape index (κ1) is 14.5. The van der Waals surface area contributed by atoms with Crippen LogP contribution in [0, 0.1) is 0 Å². The van der Waals surface area contributed by atoms with Gasteiger partial charge in [-0.15, -0.1) is 0 Å². The largest absolute Gasteiger partial charge is 0.496 e. The predicted octanol–water partition coefficient (Wildman–Crippen LogP) is 1.44. The molecule has 0 fully saturated rings. The van der Waals surface area contributed by atoms with Crippen molar-refractivity contribution < 1.29 is 9.53 Å². The van der Waals surface area contributed by atoms with Crippen LogP contribution < -0.4 is 15.8 Å². The molecule has 0 saturated heterocycles. The monoisotopic (exact) mass is 250 g/mol. The molecule has 0 aliphatic rings. The summed E-state index contributed by atoms with van der Waals surface area (Å²) in [6.45, 7) is 2.54. The van der Waals surface area contributed by atoms with Gasteiger partial charge < -0.3 is 15.8 Å². The SMILES string of the molecule is CCc1cc(C(CN)CC(=O)NC)ccc1OC. The minimum absolute atomic E-state index is 0.0133. The van der Waals surface area contributed by atoms with Gasteiger partial charge in [-0.25, -0.2) is 0 Å². The van der Waals surface area contributed by atoms with Gasteiger partial charge in [0.25, 0.3) is 0 Å². The molecule has 1 rings (SSSR count). The number of nitrogens with two attached hydrogens (primary N) is 1. The van der Waals surface area contributed by atoms with Crippen LogP contribution in [0.15, 0.2) is 18.2 Å². The van der Waals surface area contributed by atoms with E-state index in [-0.39, 0.29) is 11.8 Å². The Morgan fingerprint density at radius 3 is 2.72 bits per heavy atom. The molecular weight excluding hydrogens is 228 g/mol. The van der Waals surface area contributed by atoms with E-state index >= 15 is 0 Å². The standard InChI is InChI=1S/C14H22N2O2/c1-4-10-7-11(5-6-13(10)18-3)12(9-15)8-14(17)16-2/h5-7,12H,4,8-9,15H2,1-3H3,(H,16,17). The summed E-state index contributed by atoms with van der Waals surface area (Å²) >= 11 is 0. The first-order valence-electron chi connectivity index (χ1n) is 6.23. The van der Waals surface area contributed by atoms with Crippen LogP contribution in [-0.4, -0.2) is 26.6 Å². The van der Waals surface area contributed by atoms with Crippen LogP contribution in [0.5, 0.6) is 5.75 Å². The Bertz CT molecular complexity index is 405. The van der Waals surface area contributed by atoms with E-state index < -0.39 is 0 Å². The first-order chi connectivity index (χ1) is 8.65. The second-order valence-electron chi connectivity index (χ2n) is 4.23. The molecule has 0 radical (unpaired) electrons. The zero-order valence-electron chi connectivity index (χ0n) is 11.3. The minimum Gasteiger partial charge on any atom is -0.496 e. The molecule has 100 valence electrons. The van der Waals surface area contributed by atoms with E-state index in [1.54, 1.807) is 14.2 Å². The Hall–Kier alpha value is -1.55. The van der Waals surface area contributed by atoms with Gasteiger partial charge in [0, 0.05) is 19.4 Å². The van der Waals surface area contributed by atoms with Crippen molar-refractivity contribution >= 4 is 5.91 Å². The highest BCUT2D eigenvalue weighted by Crippen LogP contribution is 2.26. The quantitative estimate of drug-likeness (QED) is 0.803. The number of aryl methyl sites for hydroxylation is 1. The predicted molar refractivity (Wildman–Crippen MR) is 72.9 cm³/mol. The molecule has 0 aliphatic heterocycles. The molecule has 1 atom stereocenters. The van der Waals surface area contributed by atoms with Crippen molar-refractivity contribution in [2.75, 3.05) is 20.7 Å². The molecule has 1 unspecified atom stereocenters. The fraction of sp³-hybridized carbons (Fsp3) is 0.500. The van der Waals surface area contributed by atoms with E-state index in [1.807, 2.05) is 12.1 Å². The van der Waals surface area contributed by atoms with Crippen molar-refractivity contribution in [3.63, 3.8) is 0 Å². The van der Waals surface area contributed by atoms with E-state index in [4.69, 9.17) is 10.5 Å². The lowest BCUT2D eigenvalue weighted by Crippen LogP contribution is -2.24. The Morgan fingerprint density at radius 1 is 1.50 bits per heavy atom. The molecule has 4 heteroatoms. The lowest BCUT2D eigenvalue weighted by atomic mass is 9.93. The number of carbonyl (C=O) groups is 1. The number of rotatable bonds is 6. The van der Waals surface area contributed by atoms with Crippen LogP contribution in [0.25, 0.3) is 0 Å². The lowest BCUT2D eigenvalue weighted by Gasteiger charge is -2.16. The van der Waals surface area contributed by atoms with E-state index in [0.717, 1.165) is 23.3 Å². The molecule has 1 aromatic rings. The molecule has 0 saturated carbocycles. The summed E-state index contributed by atoms with van der Waals surface area (Å²) in [4.78, 5) is 11.4. The van der Waals surface area contributed by atoms with Gasteiger partial charge in [-0.1, -0.05) is 19.1 Å². The number of hydrogen-bond donors (Lipinski definition) is 2. The second-order valence-corrected chi connectivity index (χ2v) is 4.23. The molecule has 0 spiro atoms. The topological polar surface area (TPSA) is 64.4 Å². The van der Waals surface area contributed by atoms with Gasteiger partial charge in [-0.05, 0) is 30.2 Å². The van der Waals surface area contributed by atoms with E-state index in [1.165, 1.54) is 0 Å². The Kier molecular flexibility index (Phi) is 5.65. The maximum Gasteiger partial charge on any atom is 0.220 e. The smallest absolute Gasteiger partial charge is 0.220 e. The fourth-order valence-electron chi connectivity index (χ4n) is 1.99. The molecule has 18 heavy (non-hydrogen) atoms. The first-order valence-corrected chi connectivity index (χ1v) is 6.23. The second kappa shape index (κ2) is 7.01. The number of nitrogens with one attached hydrogen (secondary N) is 1. The molecule has 1 amide bonds. The van der Waals surface area contributed by atoms with Gasteiger partial charge in [0.05, 0.1) is 7.11 Å². The van der Waals surface area contributed by atoms with Crippen molar-refractivity contribution in [2.45, 2.75) is 25.7 Å². The van der Waals surface area contributed by atoms with Crippen LogP contribution in [0.2, 0.25) is 0 Å². The fourth-order valence-corrected chi connectivity index (χ4v) is 1.99. The third-order valence-corrected chi connectivity index (χ3v) is 3.15. The van der Waals surface area contributed by atoms with Crippen molar-refractivity contribution in [3.05, 3.63) is 29.3 Å². The summed E-state index contributed by atoms with van der Waals surface area (Å²) in [7, 11) is 3.31. The Labute approximate surface area is 109 Å². The zero-order valence-corrected chi connectivity index (χ0v) is 11.3.